The molecule has 594 valence electrons. The van der Waals surface area contributed by atoms with E-state index in [1.54, 1.807) is 56.3 Å². The van der Waals surface area contributed by atoms with Crippen LogP contribution >= 0.6 is 0 Å². The molecule has 0 spiro atoms. The van der Waals surface area contributed by atoms with E-state index < -0.39 is 155 Å². The lowest BCUT2D eigenvalue weighted by molar-refractivity contribution is -0.142. The number of anilines is 3. The highest BCUT2D eigenvalue weighted by Gasteiger charge is 2.49. The highest BCUT2D eigenvalue weighted by Crippen LogP contribution is 2.24. The lowest BCUT2D eigenvalue weighted by atomic mass is 9.97. The largest absolute Gasteiger partial charge is 0.396 e. The van der Waals surface area contributed by atoms with Crippen LogP contribution in [0.4, 0.5) is 17.1 Å². The molecule has 20 N–H and O–H groups in total. The standard InChI is InChI=1S/C77H101N19O15/c1-42(2)33-58(68(103)88-57(18-11-12-31-82-43(3)4)75(110)96-32-14-19-64(96)74(109)84-44(5)67(79)102)89-69(104)59(35-48-21-26-54(27-22-48)85-45(6)98)90-70(105)60(36-49-23-28-55(29-24-49)86-46(7)99)91-72(107)63(41-97)92-71(106)61(38-51-15-13-30-81-39-51)93-76(111)77(80,66(101)65-56(78)40-83-95-65)94-73(108)62(87-47(8)100)37-50-20-25-52-16-9-10-17-53(52)34-50/h9-10,13,15-17,20-30,34,39-40,42-44,57-64,82,97H,11-12,14,18-19,31-33,35-38,41,78,80H2,1-8H3,(H2,79,102)(H,83,95)(H,84,109)(H,85,98)(H,86,99)(H,87,100)(H,88,103)(H,89,104)(H,90,105)(H,91,107)(H,92,106)(H,93,111)(H,94,108)/t44-,57+,58+,59-,60+,61-,62-,63+,64+,77+/m1/s1. The van der Waals surface area contributed by atoms with Crippen LogP contribution in [-0.2, 0) is 88.0 Å². The number of nitrogens with one attached hydrogen (secondary N) is 13. The highest BCUT2D eigenvalue weighted by atomic mass is 16.3. The summed E-state index contributed by atoms with van der Waals surface area (Å²) in [5, 5.41) is 50.8. The molecule has 3 heterocycles. The fraction of sp³-hybridized carbons (Fsp3) is 0.429. The summed E-state index contributed by atoms with van der Waals surface area (Å²) in [6.07, 6.45) is 4.38. The number of rotatable bonds is 40. The van der Waals surface area contributed by atoms with Gasteiger partial charge in [-0.3, -0.25) is 82.9 Å². The number of unbranched alkanes of at least 4 members (excludes halogenated alkanes) is 1. The van der Waals surface area contributed by atoms with E-state index in [1.807, 2.05) is 38.1 Å². The highest BCUT2D eigenvalue weighted by molar-refractivity contribution is 6.20. The molecule has 1 aliphatic heterocycles. The number of aromatic nitrogens is 3. The summed E-state index contributed by atoms with van der Waals surface area (Å²) in [4.78, 5) is 202. The molecular weight excluding hydrogens is 1430 g/mol. The van der Waals surface area contributed by atoms with Crippen LogP contribution in [0.15, 0.2) is 122 Å². The summed E-state index contributed by atoms with van der Waals surface area (Å²) in [7, 11) is 0. The zero-order chi connectivity index (χ0) is 81.2. The summed E-state index contributed by atoms with van der Waals surface area (Å²) in [6.45, 7) is 12.3. The van der Waals surface area contributed by atoms with Crippen molar-refractivity contribution in [3.05, 3.63) is 150 Å². The van der Waals surface area contributed by atoms with Crippen LogP contribution in [0.1, 0.15) is 127 Å². The van der Waals surface area contributed by atoms with Gasteiger partial charge in [0.2, 0.25) is 82.3 Å². The van der Waals surface area contributed by atoms with E-state index in [4.69, 9.17) is 17.2 Å². The lowest BCUT2D eigenvalue weighted by Gasteiger charge is -2.31. The predicted octanol–water partition coefficient (Wildman–Crippen LogP) is -0.0172. The van der Waals surface area contributed by atoms with E-state index in [0.717, 1.165) is 23.9 Å². The number of nitrogens with two attached hydrogens (primary N) is 3. The zero-order valence-corrected chi connectivity index (χ0v) is 63.3. The SMILES string of the molecule is CC(=O)Nc1ccc(C[C@H](NC(=O)[C@H](CO)NC(=O)[C@@H](Cc2cccnc2)NC(=O)[C@@](N)(NC(=O)[C@@H](Cc2ccc3ccccc3c2)NC(C)=O)C(=O)c2n[nH]cc2N)C(=O)N[C@H](Cc2ccc(NC(C)=O)cc2)C(=O)N[C@@H](CC(C)C)C(=O)N[C@@H](CCCCNC(C)C)C(=O)N2CCC[C@H]2C(=O)N[C@H](C)C(N)=O)cc1. The number of hydrogen-bond donors (Lipinski definition) is 17. The Labute approximate surface area is 642 Å². The van der Waals surface area contributed by atoms with Crippen molar-refractivity contribution in [2.75, 3.05) is 36.1 Å². The van der Waals surface area contributed by atoms with Crippen LogP contribution in [0.2, 0.25) is 0 Å². The number of nitrogen functional groups attached to an aromatic ring is 1. The number of benzene rings is 4. The Hall–Kier alpha value is -12.0. The van der Waals surface area contributed by atoms with Gasteiger partial charge in [0.1, 0.15) is 54.4 Å². The third kappa shape index (κ3) is 25.8. The third-order valence-electron chi connectivity index (χ3n) is 18.2. The molecule has 111 heavy (non-hydrogen) atoms. The Kier molecular flexibility index (Phi) is 31.8. The summed E-state index contributed by atoms with van der Waals surface area (Å²) >= 11 is 0. The van der Waals surface area contributed by atoms with Crippen molar-refractivity contribution in [2.24, 2.45) is 17.4 Å². The van der Waals surface area contributed by atoms with Crippen molar-refractivity contribution in [3.63, 3.8) is 0 Å². The number of ketones is 1. The van der Waals surface area contributed by atoms with Crippen molar-refractivity contribution in [2.45, 2.75) is 186 Å². The molecule has 4 aromatic carbocycles. The number of aliphatic hydroxyl groups is 1. The van der Waals surface area contributed by atoms with E-state index in [1.165, 1.54) is 74.5 Å². The molecule has 0 bridgehead atoms. The van der Waals surface area contributed by atoms with Gasteiger partial charge in [0.05, 0.1) is 12.3 Å². The minimum Gasteiger partial charge on any atom is -0.396 e. The van der Waals surface area contributed by atoms with Crippen LogP contribution in [0, 0.1) is 5.92 Å². The van der Waals surface area contributed by atoms with Gasteiger partial charge in [-0.1, -0.05) is 100 Å². The number of carbonyl (C=O) groups excluding carboxylic acids is 14. The van der Waals surface area contributed by atoms with Gasteiger partial charge in [-0.05, 0) is 121 Å². The van der Waals surface area contributed by atoms with E-state index >= 15 is 14.4 Å². The van der Waals surface area contributed by atoms with Crippen LogP contribution in [0.25, 0.3) is 10.8 Å². The van der Waals surface area contributed by atoms with Crippen LogP contribution in [0.3, 0.4) is 0 Å². The van der Waals surface area contributed by atoms with Crippen LogP contribution in [-0.4, -0.2) is 194 Å². The first kappa shape index (κ1) is 86.2. The summed E-state index contributed by atoms with van der Waals surface area (Å²) in [5.74, 6) is -12.9. The smallest absolute Gasteiger partial charge is 0.269 e. The summed E-state index contributed by atoms with van der Waals surface area (Å²) in [5.41, 5.74) is 16.6. The Morgan fingerprint density at radius 3 is 1.63 bits per heavy atom. The number of H-pyrrole nitrogens is 1. The summed E-state index contributed by atoms with van der Waals surface area (Å²) in [6, 6.07) is 14.9. The molecule has 0 radical (unpaired) electrons. The van der Waals surface area contributed by atoms with Gasteiger partial charge in [-0.25, -0.2) is 0 Å². The Balaban J connectivity index is 1.20. The minimum atomic E-state index is -3.18. The topological polar surface area (TPSA) is 526 Å². The number of Topliss-reactive ketones (excluding diaryl/α,β-unsaturated/α-hetero) is 1. The minimum absolute atomic E-state index is 0.00746. The fourth-order valence-corrected chi connectivity index (χ4v) is 12.5. The number of likely N-dealkylation sites (tertiary alicyclic amines) is 1. The fourth-order valence-electron chi connectivity index (χ4n) is 12.5. The van der Waals surface area contributed by atoms with E-state index in [-0.39, 0.29) is 74.2 Å². The average Bonchev–Trinajstić information content (AvgIpc) is 1.76. The molecule has 1 aliphatic rings. The second kappa shape index (κ2) is 41.0. The maximum absolute atomic E-state index is 15.3. The molecule has 34 heteroatoms. The number of amides is 13. The second-order valence-electron chi connectivity index (χ2n) is 28.3. The van der Waals surface area contributed by atoms with Gasteiger partial charge in [-0.2, -0.15) is 5.10 Å². The molecule has 6 aromatic rings. The average molecular weight is 1530 g/mol. The molecule has 1 fully saturated rings. The molecular formula is C77H101N19O15. The quantitative estimate of drug-likeness (QED) is 0.0104. The second-order valence-corrected chi connectivity index (χ2v) is 28.3. The van der Waals surface area contributed by atoms with Gasteiger partial charge in [0.25, 0.3) is 5.91 Å². The first-order valence-electron chi connectivity index (χ1n) is 36.6. The van der Waals surface area contributed by atoms with Crippen molar-refractivity contribution in [3.8, 4) is 0 Å². The molecule has 1 saturated heterocycles. The normalized spacial score (nSPS) is 15.3. The van der Waals surface area contributed by atoms with Gasteiger partial charge < -0.3 is 85.3 Å². The van der Waals surface area contributed by atoms with Crippen LogP contribution < -0.4 is 81.0 Å². The molecule has 0 saturated carbocycles. The molecule has 0 unspecified atom stereocenters. The maximum atomic E-state index is 15.3. The first-order chi connectivity index (χ1) is 52.7. The molecule has 2 aromatic heterocycles. The number of primary amides is 1. The number of nitrogens with zero attached hydrogens (tertiary/aromatic N) is 3. The van der Waals surface area contributed by atoms with Crippen molar-refractivity contribution < 1.29 is 72.2 Å². The van der Waals surface area contributed by atoms with E-state index in [0.29, 0.717) is 53.9 Å². The van der Waals surface area contributed by atoms with Gasteiger partial charge >= 0.3 is 0 Å². The number of fused-ring (bicyclic) bond motifs is 1. The molecule has 0 aliphatic carbocycles. The Bertz CT molecular complexity index is 4310. The Morgan fingerprint density at radius 1 is 0.577 bits per heavy atom. The van der Waals surface area contributed by atoms with Crippen molar-refractivity contribution in [1.82, 2.24) is 73.2 Å². The van der Waals surface area contributed by atoms with E-state index in [9.17, 15) is 57.8 Å². The maximum Gasteiger partial charge on any atom is 0.269 e. The molecule has 34 nitrogen and oxygen atoms in total. The van der Waals surface area contributed by atoms with Gasteiger partial charge in [-0.15, -0.1) is 0 Å². The van der Waals surface area contributed by atoms with Gasteiger partial charge in [0, 0.05) is 89.0 Å². The molecule has 10 atom stereocenters. The third-order valence-corrected chi connectivity index (χ3v) is 18.2. The van der Waals surface area contributed by atoms with Crippen molar-refractivity contribution in [1.29, 1.82) is 0 Å². The number of pyridine rings is 1. The van der Waals surface area contributed by atoms with E-state index in [2.05, 4.69) is 79.0 Å². The number of hydrogen-bond acceptors (Lipinski definition) is 20. The monoisotopic (exact) mass is 1530 g/mol. The van der Waals surface area contributed by atoms with Gasteiger partial charge in [0.15, 0.2) is 5.69 Å². The lowest BCUT2D eigenvalue weighted by Crippen LogP contribution is -2.73. The predicted molar refractivity (Wildman–Crippen MR) is 411 cm³/mol. The number of aromatic amines is 1. The number of aliphatic hydroxyl groups excluding tert-OH is 1. The molecule has 7 rings (SSSR count). The van der Waals surface area contributed by atoms with Crippen molar-refractivity contribution >= 4 is 110 Å². The molecule has 13 amide bonds. The first-order valence-corrected chi connectivity index (χ1v) is 36.6. The van der Waals surface area contributed by atoms with Crippen LogP contribution in [0.5, 0.6) is 0 Å². The number of carbonyl (C=O) groups is 14. The zero-order valence-electron chi connectivity index (χ0n) is 63.3. The summed E-state index contributed by atoms with van der Waals surface area (Å²) < 4.78 is 0. The Morgan fingerprint density at radius 2 is 1.10 bits per heavy atom.